The maximum atomic E-state index is 11.5. The van der Waals surface area contributed by atoms with Crippen LogP contribution in [0.4, 0.5) is 0 Å². The van der Waals surface area contributed by atoms with Crippen molar-refractivity contribution in [2.75, 3.05) is 7.11 Å². The molecule has 0 amide bonds. The summed E-state index contributed by atoms with van der Waals surface area (Å²) in [5.41, 5.74) is 1.72. The Bertz CT molecular complexity index is 371. The number of hydrogen-bond donors (Lipinski definition) is 0. The zero-order valence-electron chi connectivity index (χ0n) is 7.26. The molecule has 0 bridgehead atoms. The van der Waals surface area contributed by atoms with Gasteiger partial charge in [0.1, 0.15) is 5.75 Å². The van der Waals surface area contributed by atoms with E-state index in [-0.39, 0.29) is 5.78 Å². The number of fused-ring (bicyclic) bond motifs is 1. The molecule has 1 aromatic carbocycles. The minimum Gasteiger partial charge on any atom is -0.494 e. The number of carbonyl (C=O) groups is 1. The van der Waals surface area contributed by atoms with Crippen LogP contribution in [0.15, 0.2) is 12.1 Å². The van der Waals surface area contributed by atoms with Crippen LogP contribution >= 0.6 is 11.6 Å². The molecule has 0 unspecified atom stereocenters. The van der Waals surface area contributed by atoms with Gasteiger partial charge in [-0.15, -0.1) is 0 Å². The van der Waals surface area contributed by atoms with Crippen LogP contribution in [-0.2, 0) is 6.42 Å². The third-order valence-electron chi connectivity index (χ3n) is 2.30. The van der Waals surface area contributed by atoms with Crippen molar-refractivity contribution in [1.29, 1.82) is 0 Å². The van der Waals surface area contributed by atoms with Crippen LogP contribution in [0.5, 0.6) is 5.75 Å². The fourth-order valence-corrected chi connectivity index (χ4v) is 1.92. The molecule has 0 saturated heterocycles. The minimum atomic E-state index is 0.134. The van der Waals surface area contributed by atoms with E-state index >= 15 is 0 Å². The van der Waals surface area contributed by atoms with Gasteiger partial charge in [0.15, 0.2) is 5.78 Å². The predicted molar refractivity (Wildman–Crippen MR) is 50.7 cm³/mol. The maximum Gasteiger partial charge on any atom is 0.167 e. The summed E-state index contributed by atoms with van der Waals surface area (Å²) in [5.74, 6) is 0.663. The van der Waals surface area contributed by atoms with Crippen LogP contribution < -0.4 is 4.74 Å². The Morgan fingerprint density at radius 1 is 1.38 bits per heavy atom. The van der Waals surface area contributed by atoms with Gasteiger partial charge in [-0.1, -0.05) is 17.7 Å². The third-order valence-corrected chi connectivity index (χ3v) is 2.60. The number of hydrogen-bond acceptors (Lipinski definition) is 2. The highest BCUT2D eigenvalue weighted by atomic mass is 35.5. The summed E-state index contributed by atoms with van der Waals surface area (Å²) < 4.78 is 5.11. The maximum absolute atomic E-state index is 11.5. The second-order valence-corrected chi connectivity index (χ2v) is 3.45. The summed E-state index contributed by atoms with van der Waals surface area (Å²) in [6.45, 7) is 0. The molecule has 0 heterocycles. The average Bonchev–Trinajstić information content (AvgIpc) is 2.49. The van der Waals surface area contributed by atoms with E-state index in [2.05, 4.69) is 0 Å². The molecule has 0 fully saturated rings. The van der Waals surface area contributed by atoms with E-state index in [1.54, 1.807) is 6.07 Å². The molecule has 13 heavy (non-hydrogen) atoms. The molecule has 0 aromatic heterocycles. The Labute approximate surface area is 81.5 Å². The summed E-state index contributed by atoms with van der Waals surface area (Å²) in [6.07, 6.45) is 1.38. The summed E-state index contributed by atoms with van der Waals surface area (Å²) >= 11 is 5.90. The molecular formula is C10H9ClO2. The van der Waals surface area contributed by atoms with Crippen molar-refractivity contribution < 1.29 is 9.53 Å². The minimum absolute atomic E-state index is 0.134. The van der Waals surface area contributed by atoms with Gasteiger partial charge in [-0.2, -0.15) is 0 Å². The lowest BCUT2D eigenvalue weighted by molar-refractivity contribution is 0.0992. The lowest BCUT2D eigenvalue weighted by Gasteiger charge is -2.07. The Morgan fingerprint density at radius 3 is 2.85 bits per heavy atom. The second kappa shape index (κ2) is 3.04. The Kier molecular flexibility index (Phi) is 2.00. The van der Waals surface area contributed by atoms with Gasteiger partial charge in [-0.25, -0.2) is 0 Å². The topological polar surface area (TPSA) is 26.3 Å². The largest absolute Gasteiger partial charge is 0.494 e. The number of Topliss-reactive ketones (excluding diaryl/α,β-unsaturated/α-hetero) is 1. The van der Waals surface area contributed by atoms with Gasteiger partial charge in [0.25, 0.3) is 0 Å². The fourth-order valence-electron chi connectivity index (χ4n) is 1.68. The highest BCUT2D eigenvalue weighted by Crippen LogP contribution is 2.36. The molecule has 1 aliphatic rings. The third kappa shape index (κ3) is 1.22. The van der Waals surface area contributed by atoms with Crippen molar-refractivity contribution in [3.05, 3.63) is 28.3 Å². The van der Waals surface area contributed by atoms with Crippen LogP contribution in [0.1, 0.15) is 22.3 Å². The normalized spacial score (nSPS) is 14.5. The summed E-state index contributed by atoms with van der Waals surface area (Å²) in [4.78, 5) is 11.5. The van der Waals surface area contributed by atoms with Crippen molar-refractivity contribution in [2.24, 2.45) is 0 Å². The molecule has 2 rings (SSSR count). The first-order valence-corrected chi connectivity index (χ1v) is 4.50. The van der Waals surface area contributed by atoms with Gasteiger partial charge in [0.05, 0.1) is 17.7 Å². The van der Waals surface area contributed by atoms with Crippen molar-refractivity contribution in [2.45, 2.75) is 12.8 Å². The van der Waals surface area contributed by atoms with E-state index in [0.717, 1.165) is 12.0 Å². The van der Waals surface area contributed by atoms with Crippen LogP contribution in [0.3, 0.4) is 0 Å². The number of aryl methyl sites for hydroxylation is 1. The van der Waals surface area contributed by atoms with Crippen molar-refractivity contribution >= 4 is 17.4 Å². The van der Waals surface area contributed by atoms with E-state index in [4.69, 9.17) is 16.3 Å². The van der Waals surface area contributed by atoms with E-state index in [9.17, 15) is 4.79 Å². The first-order valence-electron chi connectivity index (χ1n) is 4.12. The van der Waals surface area contributed by atoms with Crippen LogP contribution in [0, 0.1) is 0 Å². The molecule has 0 N–H and O–H groups in total. The van der Waals surface area contributed by atoms with Gasteiger partial charge in [-0.3, -0.25) is 4.79 Å². The number of carbonyl (C=O) groups excluding carboxylic acids is 1. The molecular weight excluding hydrogens is 188 g/mol. The summed E-state index contributed by atoms with van der Waals surface area (Å²) in [7, 11) is 1.53. The smallest absolute Gasteiger partial charge is 0.167 e. The summed E-state index contributed by atoms with van der Waals surface area (Å²) in [5, 5.41) is 0.511. The first-order chi connectivity index (χ1) is 6.24. The number of ketones is 1. The zero-order valence-corrected chi connectivity index (χ0v) is 8.02. The quantitative estimate of drug-likeness (QED) is 0.690. The molecule has 0 aliphatic heterocycles. The van der Waals surface area contributed by atoms with Crippen LogP contribution in [0.25, 0.3) is 0 Å². The van der Waals surface area contributed by atoms with Gasteiger partial charge >= 0.3 is 0 Å². The number of benzene rings is 1. The molecule has 2 nitrogen and oxygen atoms in total. The standard InChI is InChI=1S/C10H9ClO2/c1-13-10-7(11)4-2-6-3-5-8(12)9(6)10/h2,4H,3,5H2,1H3. The van der Waals surface area contributed by atoms with E-state index in [0.29, 0.717) is 22.8 Å². The molecule has 68 valence electrons. The number of methoxy groups -OCH3 is 1. The van der Waals surface area contributed by atoms with E-state index in [1.807, 2.05) is 6.07 Å². The molecule has 0 spiro atoms. The second-order valence-electron chi connectivity index (χ2n) is 3.04. The van der Waals surface area contributed by atoms with Gasteiger partial charge in [-0.05, 0) is 18.1 Å². The molecule has 0 saturated carbocycles. The molecule has 0 atom stereocenters. The number of rotatable bonds is 1. The highest BCUT2D eigenvalue weighted by Gasteiger charge is 2.25. The molecule has 1 aromatic rings. The van der Waals surface area contributed by atoms with Gasteiger partial charge in [0, 0.05) is 6.42 Å². The van der Waals surface area contributed by atoms with Crippen molar-refractivity contribution in [1.82, 2.24) is 0 Å². The van der Waals surface area contributed by atoms with Crippen molar-refractivity contribution in [3.8, 4) is 5.75 Å². The number of halogens is 1. The Balaban J connectivity index is 2.67. The van der Waals surface area contributed by atoms with Crippen LogP contribution in [0.2, 0.25) is 5.02 Å². The fraction of sp³-hybridized carbons (Fsp3) is 0.300. The van der Waals surface area contributed by atoms with Gasteiger partial charge in [0.2, 0.25) is 0 Å². The highest BCUT2D eigenvalue weighted by molar-refractivity contribution is 6.33. The Morgan fingerprint density at radius 2 is 2.15 bits per heavy atom. The average molecular weight is 197 g/mol. The predicted octanol–water partition coefficient (Wildman–Crippen LogP) is 2.48. The van der Waals surface area contributed by atoms with E-state index in [1.165, 1.54) is 7.11 Å². The van der Waals surface area contributed by atoms with E-state index < -0.39 is 0 Å². The van der Waals surface area contributed by atoms with Gasteiger partial charge < -0.3 is 4.74 Å². The monoisotopic (exact) mass is 196 g/mol. The Hall–Kier alpha value is -1.02. The zero-order chi connectivity index (χ0) is 9.42. The van der Waals surface area contributed by atoms with Crippen molar-refractivity contribution in [3.63, 3.8) is 0 Å². The number of ether oxygens (including phenoxy) is 1. The molecule has 1 aliphatic carbocycles. The SMILES string of the molecule is COc1c(Cl)ccc2c1C(=O)CC2. The molecule has 3 heteroatoms. The first kappa shape index (κ1) is 8.57. The van der Waals surface area contributed by atoms with Crippen LogP contribution in [-0.4, -0.2) is 12.9 Å². The lowest BCUT2D eigenvalue weighted by Crippen LogP contribution is -1.97. The summed E-state index contributed by atoms with van der Waals surface area (Å²) in [6, 6.07) is 3.67. The molecule has 0 radical (unpaired) electrons. The lowest BCUT2D eigenvalue weighted by atomic mass is 10.1.